The smallest absolute Gasteiger partial charge is 0.303 e. The van der Waals surface area contributed by atoms with E-state index in [0.717, 1.165) is 17.3 Å². The molecule has 20 heavy (non-hydrogen) atoms. The van der Waals surface area contributed by atoms with E-state index in [2.05, 4.69) is 15.9 Å². The van der Waals surface area contributed by atoms with E-state index >= 15 is 0 Å². The summed E-state index contributed by atoms with van der Waals surface area (Å²) in [4.78, 5) is 24.8. The van der Waals surface area contributed by atoms with E-state index in [1.807, 2.05) is 28.8 Å². The molecule has 1 amide bonds. The molecule has 1 fully saturated rings. The second-order valence-electron chi connectivity index (χ2n) is 5.32. The van der Waals surface area contributed by atoms with Crippen LogP contribution < -0.4 is 0 Å². The van der Waals surface area contributed by atoms with Crippen molar-refractivity contribution in [3.8, 4) is 0 Å². The highest BCUT2D eigenvalue weighted by Gasteiger charge is 2.25. The molecule has 0 radical (unpaired) electrons. The van der Waals surface area contributed by atoms with Crippen LogP contribution in [0.25, 0.3) is 0 Å². The van der Waals surface area contributed by atoms with Crippen LogP contribution in [0.4, 0.5) is 0 Å². The first-order chi connectivity index (χ1) is 9.47. The maximum atomic E-state index is 12.4. The standard InChI is InChI=1S/C14H19BrN2O3/c1-16-9-11(15)8-12(16)14(20)17-6-4-10(5-7-17)2-3-13(18)19/h8-10H,2-7H2,1H3,(H,18,19). The van der Waals surface area contributed by atoms with Crippen LogP contribution in [0.1, 0.15) is 36.2 Å². The van der Waals surface area contributed by atoms with Gasteiger partial charge in [-0.1, -0.05) is 0 Å². The van der Waals surface area contributed by atoms with Gasteiger partial charge in [0.2, 0.25) is 0 Å². The Morgan fingerprint density at radius 1 is 1.40 bits per heavy atom. The summed E-state index contributed by atoms with van der Waals surface area (Å²) in [7, 11) is 1.86. The van der Waals surface area contributed by atoms with Crippen LogP contribution in [0.15, 0.2) is 16.7 Å². The molecule has 1 aliphatic heterocycles. The topological polar surface area (TPSA) is 62.5 Å². The Labute approximate surface area is 126 Å². The first-order valence-corrected chi connectivity index (χ1v) is 7.59. The number of aromatic nitrogens is 1. The van der Waals surface area contributed by atoms with Crippen molar-refractivity contribution in [2.24, 2.45) is 13.0 Å². The fourth-order valence-corrected chi connectivity index (χ4v) is 3.18. The lowest BCUT2D eigenvalue weighted by atomic mass is 9.92. The normalized spacial score (nSPS) is 16.4. The minimum Gasteiger partial charge on any atom is -0.481 e. The van der Waals surface area contributed by atoms with Gasteiger partial charge < -0.3 is 14.6 Å². The second kappa shape index (κ2) is 6.43. The summed E-state index contributed by atoms with van der Waals surface area (Å²) in [5.41, 5.74) is 0.681. The minimum absolute atomic E-state index is 0.0508. The summed E-state index contributed by atoms with van der Waals surface area (Å²) in [6.45, 7) is 1.43. The van der Waals surface area contributed by atoms with Crippen molar-refractivity contribution >= 4 is 27.8 Å². The monoisotopic (exact) mass is 342 g/mol. The van der Waals surface area contributed by atoms with E-state index in [9.17, 15) is 9.59 Å². The third-order valence-electron chi connectivity index (χ3n) is 3.86. The minimum atomic E-state index is -0.739. The first-order valence-electron chi connectivity index (χ1n) is 6.80. The fourth-order valence-electron chi connectivity index (χ4n) is 2.65. The lowest BCUT2D eigenvalue weighted by Crippen LogP contribution is -2.39. The van der Waals surface area contributed by atoms with Crippen molar-refractivity contribution in [1.29, 1.82) is 0 Å². The molecule has 0 aromatic carbocycles. The van der Waals surface area contributed by atoms with Gasteiger partial charge in [0.05, 0.1) is 0 Å². The average Bonchev–Trinajstić information content (AvgIpc) is 2.75. The average molecular weight is 343 g/mol. The van der Waals surface area contributed by atoms with Crippen LogP contribution in [0.5, 0.6) is 0 Å². The van der Waals surface area contributed by atoms with E-state index in [-0.39, 0.29) is 12.3 Å². The summed E-state index contributed by atoms with van der Waals surface area (Å²) >= 11 is 3.37. The number of carboxylic acid groups (broad SMARTS) is 1. The number of carbonyl (C=O) groups is 2. The highest BCUT2D eigenvalue weighted by molar-refractivity contribution is 9.10. The van der Waals surface area contributed by atoms with E-state index in [1.165, 1.54) is 0 Å². The Hall–Kier alpha value is -1.30. The van der Waals surface area contributed by atoms with E-state index < -0.39 is 5.97 Å². The van der Waals surface area contributed by atoms with Crippen molar-refractivity contribution in [3.63, 3.8) is 0 Å². The summed E-state index contributed by atoms with van der Waals surface area (Å²) in [6.07, 6.45) is 4.60. The zero-order valence-electron chi connectivity index (χ0n) is 11.5. The molecule has 2 heterocycles. The number of carbonyl (C=O) groups excluding carboxylic acids is 1. The molecule has 1 aliphatic rings. The number of nitrogens with zero attached hydrogens (tertiary/aromatic N) is 2. The number of halogens is 1. The number of aliphatic carboxylic acids is 1. The van der Waals surface area contributed by atoms with Gasteiger partial charge in [0.15, 0.2) is 0 Å². The zero-order chi connectivity index (χ0) is 14.7. The van der Waals surface area contributed by atoms with Crippen molar-refractivity contribution in [3.05, 3.63) is 22.4 Å². The van der Waals surface area contributed by atoms with E-state index in [1.54, 1.807) is 0 Å². The Balaban J connectivity index is 1.89. The van der Waals surface area contributed by atoms with Crippen molar-refractivity contribution in [2.75, 3.05) is 13.1 Å². The maximum absolute atomic E-state index is 12.4. The molecule has 0 saturated carbocycles. The van der Waals surface area contributed by atoms with Gasteiger partial charge in [0.1, 0.15) is 5.69 Å². The molecule has 2 rings (SSSR count). The molecular weight excluding hydrogens is 324 g/mol. The number of aryl methyl sites for hydroxylation is 1. The Morgan fingerprint density at radius 2 is 2.05 bits per heavy atom. The Morgan fingerprint density at radius 3 is 2.55 bits per heavy atom. The molecule has 0 atom stereocenters. The van der Waals surface area contributed by atoms with Crippen molar-refractivity contribution < 1.29 is 14.7 Å². The molecule has 1 aromatic heterocycles. The van der Waals surface area contributed by atoms with Crippen LogP contribution in [0.2, 0.25) is 0 Å². The highest BCUT2D eigenvalue weighted by Crippen LogP contribution is 2.24. The van der Waals surface area contributed by atoms with Crippen molar-refractivity contribution in [2.45, 2.75) is 25.7 Å². The SMILES string of the molecule is Cn1cc(Br)cc1C(=O)N1CCC(CCC(=O)O)CC1. The largest absolute Gasteiger partial charge is 0.481 e. The second-order valence-corrected chi connectivity index (χ2v) is 6.24. The van der Waals surface area contributed by atoms with Crippen LogP contribution in [-0.4, -0.2) is 39.5 Å². The number of hydrogen-bond acceptors (Lipinski definition) is 2. The fraction of sp³-hybridized carbons (Fsp3) is 0.571. The van der Waals surface area contributed by atoms with Crippen LogP contribution in [-0.2, 0) is 11.8 Å². The van der Waals surface area contributed by atoms with Crippen LogP contribution in [0, 0.1) is 5.92 Å². The van der Waals surface area contributed by atoms with Gasteiger partial charge in [-0.05, 0) is 47.2 Å². The predicted octanol–water partition coefficient (Wildman–Crippen LogP) is 2.50. The summed E-state index contributed by atoms with van der Waals surface area (Å²) in [6, 6.07) is 1.83. The van der Waals surface area contributed by atoms with Gasteiger partial charge in [0, 0.05) is 37.2 Å². The van der Waals surface area contributed by atoms with Gasteiger partial charge in [-0.25, -0.2) is 0 Å². The molecule has 6 heteroatoms. The summed E-state index contributed by atoms with van der Waals surface area (Å²) in [5, 5.41) is 8.69. The lowest BCUT2D eigenvalue weighted by Gasteiger charge is -2.31. The maximum Gasteiger partial charge on any atom is 0.303 e. The molecule has 1 aromatic rings. The van der Waals surface area contributed by atoms with Gasteiger partial charge in [0.25, 0.3) is 5.91 Å². The van der Waals surface area contributed by atoms with Gasteiger partial charge >= 0.3 is 5.97 Å². The van der Waals surface area contributed by atoms with Crippen LogP contribution >= 0.6 is 15.9 Å². The number of amides is 1. The number of carboxylic acids is 1. The number of hydrogen-bond donors (Lipinski definition) is 1. The molecule has 0 unspecified atom stereocenters. The molecule has 5 nitrogen and oxygen atoms in total. The number of piperidine rings is 1. The highest BCUT2D eigenvalue weighted by atomic mass is 79.9. The molecular formula is C14H19BrN2O3. The summed E-state index contributed by atoms with van der Waals surface area (Å²) in [5.74, 6) is -0.262. The molecule has 1 saturated heterocycles. The van der Waals surface area contributed by atoms with Crippen LogP contribution in [0.3, 0.4) is 0 Å². The van der Waals surface area contributed by atoms with Crippen molar-refractivity contribution in [1.82, 2.24) is 9.47 Å². The van der Waals surface area contributed by atoms with Gasteiger partial charge in [-0.15, -0.1) is 0 Å². The zero-order valence-corrected chi connectivity index (χ0v) is 13.1. The molecule has 110 valence electrons. The summed E-state index contributed by atoms with van der Waals surface area (Å²) < 4.78 is 2.72. The number of likely N-dealkylation sites (tertiary alicyclic amines) is 1. The quantitative estimate of drug-likeness (QED) is 0.914. The third kappa shape index (κ3) is 3.62. The van der Waals surface area contributed by atoms with E-state index in [0.29, 0.717) is 31.1 Å². The molecule has 0 spiro atoms. The van der Waals surface area contributed by atoms with E-state index in [4.69, 9.17) is 5.11 Å². The predicted molar refractivity (Wildman–Crippen MR) is 78.6 cm³/mol. The third-order valence-corrected chi connectivity index (χ3v) is 4.29. The molecule has 0 bridgehead atoms. The van der Waals surface area contributed by atoms with Gasteiger partial charge in [-0.2, -0.15) is 0 Å². The molecule has 1 N–H and O–H groups in total. The molecule has 0 aliphatic carbocycles. The first kappa shape index (κ1) is 15.1. The number of rotatable bonds is 4. The van der Waals surface area contributed by atoms with Gasteiger partial charge in [-0.3, -0.25) is 9.59 Å². The Bertz CT molecular complexity index is 505. The lowest BCUT2D eigenvalue weighted by molar-refractivity contribution is -0.137. The Kier molecular flexibility index (Phi) is 4.86.